The summed E-state index contributed by atoms with van der Waals surface area (Å²) < 4.78 is 5.61. The van der Waals surface area contributed by atoms with Crippen LogP contribution in [0.1, 0.15) is 6.92 Å². The molecule has 84 valence electrons. The van der Waals surface area contributed by atoms with Gasteiger partial charge in [-0.3, -0.25) is 9.41 Å². The zero-order chi connectivity index (χ0) is 11.8. The van der Waals surface area contributed by atoms with E-state index in [0.29, 0.717) is 0 Å². The molecule has 0 bridgehead atoms. The summed E-state index contributed by atoms with van der Waals surface area (Å²) in [6, 6.07) is 0. The van der Waals surface area contributed by atoms with Gasteiger partial charge in [-0.05, 0) is 19.7 Å². The molecule has 0 saturated heterocycles. The van der Waals surface area contributed by atoms with Crippen molar-refractivity contribution in [2.24, 2.45) is 0 Å². The first-order chi connectivity index (χ1) is 6.84. The van der Waals surface area contributed by atoms with Crippen molar-refractivity contribution in [3.05, 3.63) is 10.6 Å². The molecular formula is C7H11N3O2S3. The number of ether oxygens (including phenoxy) is 1. The summed E-state index contributed by atoms with van der Waals surface area (Å²) >= 11 is 13.2. The topological polar surface area (TPSA) is 53.4 Å². The van der Waals surface area contributed by atoms with Crippen molar-refractivity contribution < 1.29 is 13.5 Å². The van der Waals surface area contributed by atoms with Crippen molar-refractivity contribution in [3.8, 4) is 0 Å². The summed E-state index contributed by atoms with van der Waals surface area (Å²) in [4.78, 5) is 11.8. The van der Waals surface area contributed by atoms with Gasteiger partial charge in [-0.25, -0.2) is 4.79 Å². The molecule has 1 aliphatic rings. The molecule has 0 radical (unpaired) electrons. The molecule has 0 aromatic rings. The molecular weight excluding hydrogens is 254 g/mol. The second-order valence-electron chi connectivity index (χ2n) is 2.93. The molecule has 1 rings (SSSR count). The van der Waals surface area contributed by atoms with E-state index in [9.17, 15) is 4.79 Å². The summed E-state index contributed by atoms with van der Waals surface area (Å²) in [7, 11) is 1.55. The van der Waals surface area contributed by atoms with E-state index < -0.39 is 5.97 Å². The Balaban J connectivity index is 3.14. The predicted octanol–water partition coefficient (Wildman–Crippen LogP) is 0.652. The maximum Gasteiger partial charge on any atom is 0.395 e. The van der Waals surface area contributed by atoms with Crippen molar-refractivity contribution in [2.45, 2.75) is 6.92 Å². The van der Waals surface area contributed by atoms with Gasteiger partial charge in [-0.1, -0.05) is 0 Å². The van der Waals surface area contributed by atoms with E-state index >= 15 is 0 Å². The lowest BCUT2D eigenvalue weighted by atomic mass is 10.4. The molecule has 8 heteroatoms. The van der Waals surface area contributed by atoms with Crippen LogP contribution in [-0.2, 0) is 22.3 Å². The van der Waals surface area contributed by atoms with E-state index in [0.717, 1.165) is 4.41 Å². The van der Waals surface area contributed by atoms with Gasteiger partial charge in [0.05, 0.1) is 13.7 Å². The van der Waals surface area contributed by atoms with Crippen LogP contribution >= 0.6 is 25.4 Å². The predicted molar refractivity (Wildman–Crippen MR) is 64.7 cm³/mol. The molecule has 1 N–H and O–H groups in total. The molecule has 5 nitrogen and oxygen atoms in total. The van der Waals surface area contributed by atoms with E-state index in [1.165, 1.54) is 0 Å². The summed E-state index contributed by atoms with van der Waals surface area (Å²) in [5.41, 5.74) is 0.134. The second kappa shape index (κ2) is 4.28. The van der Waals surface area contributed by atoms with Gasteiger partial charge in [0.2, 0.25) is 11.5 Å². The summed E-state index contributed by atoms with van der Waals surface area (Å²) in [6.45, 7) is 1.95. The van der Waals surface area contributed by atoms with Gasteiger partial charge in [-0.15, -0.1) is 12.6 Å². The lowest BCUT2D eigenvalue weighted by molar-refractivity contribution is -0.812. The van der Waals surface area contributed by atoms with Crippen LogP contribution in [0.3, 0.4) is 0 Å². The zero-order valence-electron chi connectivity index (χ0n) is 8.22. The number of amidine groups is 1. The number of likely N-dealkylation sites (N-methyl/N-ethyl adjacent to an activating group) is 1. The second-order valence-corrected chi connectivity index (χ2v) is 4.47. The summed E-state index contributed by atoms with van der Waals surface area (Å²) in [5, 5.41) is 7.60. The summed E-state index contributed by atoms with van der Waals surface area (Å²) in [6.07, 6.45) is 0. The number of carbonyl (C=O) groups is 1. The number of quaternary nitrogens is 1. The first-order valence-corrected chi connectivity index (χ1v) is 5.32. The van der Waals surface area contributed by atoms with E-state index in [1.807, 2.05) is 0 Å². The Morgan fingerprint density at radius 3 is 2.60 bits per heavy atom. The van der Waals surface area contributed by atoms with Gasteiger partial charge < -0.3 is 17.6 Å². The number of nitrogens with one attached hydrogen (secondary N) is 1. The largest absolute Gasteiger partial charge is 0.458 e. The van der Waals surface area contributed by atoms with Crippen LogP contribution in [0.15, 0.2) is 10.6 Å². The quantitative estimate of drug-likeness (QED) is 0.297. The fraction of sp³-hybridized carbons (Fsp3) is 0.429. The maximum absolute atomic E-state index is 11.6. The normalized spacial score (nSPS) is 26.2. The zero-order valence-corrected chi connectivity index (χ0v) is 10.8. The third kappa shape index (κ3) is 1.99. The minimum absolute atomic E-state index is 0.0118. The van der Waals surface area contributed by atoms with Crippen LogP contribution in [0.5, 0.6) is 0 Å². The van der Waals surface area contributed by atoms with Crippen LogP contribution < -0.4 is 0 Å². The number of thiol groups is 2. The van der Waals surface area contributed by atoms with Crippen LogP contribution in [-0.4, -0.2) is 33.9 Å². The van der Waals surface area contributed by atoms with Gasteiger partial charge in [-0.2, -0.15) is 4.41 Å². The van der Waals surface area contributed by atoms with Crippen molar-refractivity contribution in [3.63, 3.8) is 0 Å². The van der Waals surface area contributed by atoms with Crippen molar-refractivity contribution in [2.75, 3.05) is 13.7 Å². The minimum Gasteiger partial charge on any atom is -0.458 e. The third-order valence-corrected chi connectivity index (χ3v) is 3.34. The summed E-state index contributed by atoms with van der Waals surface area (Å²) in [5.74, 6) is -0.580. The lowest BCUT2D eigenvalue weighted by Crippen LogP contribution is -2.46. The average Bonchev–Trinajstić information content (AvgIpc) is 2.28. The van der Waals surface area contributed by atoms with Gasteiger partial charge >= 0.3 is 5.97 Å². The molecule has 0 spiro atoms. The molecule has 1 unspecified atom stereocenters. The van der Waals surface area contributed by atoms with Gasteiger partial charge in [0.1, 0.15) is 4.91 Å². The smallest absolute Gasteiger partial charge is 0.395 e. The molecule has 0 aromatic heterocycles. The van der Waals surface area contributed by atoms with Gasteiger partial charge in [0.15, 0.2) is 0 Å². The highest BCUT2D eigenvalue weighted by Gasteiger charge is 2.43. The molecule has 0 aliphatic carbocycles. The molecule has 1 heterocycles. The molecule has 1 aliphatic heterocycles. The molecule has 1 atom stereocenters. The van der Waals surface area contributed by atoms with Crippen LogP contribution in [0, 0.1) is 5.41 Å². The average molecular weight is 265 g/mol. The highest BCUT2D eigenvalue weighted by molar-refractivity contribution is 7.86. The van der Waals surface area contributed by atoms with Crippen LogP contribution in [0.25, 0.3) is 0 Å². The third-order valence-electron chi connectivity index (χ3n) is 1.89. The minimum atomic E-state index is -0.568. The highest BCUT2D eigenvalue weighted by atomic mass is 32.1. The highest BCUT2D eigenvalue weighted by Crippen LogP contribution is 2.34. The first kappa shape index (κ1) is 12.8. The van der Waals surface area contributed by atoms with Crippen LogP contribution in [0.4, 0.5) is 0 Å². The van der Waals surface area contributed by atoms with Crippen molar-refractivity contribution in [1.29, 1.82) is 5.41 Å². The Hall–Kier alpha value is -0.310. The van der Waals surface area contributed by atoms with Crippen molar-refractivity contribution in [1.82, 2.24) is 4.41 Å². The van der Waals surface area contributed by atoms with Gasteiger partial charge in [0, 0.05) is 0 Å². The maximum atomic E-state index is 11.6. The lowest BCUT2D eigenvalue weighted by Gasteiger charge is -2.40. The monoisotopic (exact) mass is 265 g/mol. The van der Waals surface area contributed by atoms with Gasteiger partial charge in [0.25, 0.3) is 0 Å². The SMILES string of the molecule is CCOC(=O)C1=C(S)C(=N)N(S)[N+]1(C)[S-]. The number of hydrogen-bond acceptors (Lipinski definition) is 6. The molecule has 0 aromatic carbocycles. The molecule has 0 amide bonds. The Bertz CT molecular complexity index is 353. The Morgan fingerprint density at radius 2 is 2.27 bits per heavy atom. The number of hydrogen-bond donors (Lipinski definition) is 3. The standard InChI is InChI=1S/C7H11N3O2S3/c1-3-12-7(11)4-5(13)6(8)9(14)10(4,2)15/h8,13-14H,3H2,1-2H3. The Morgan fingerprint density at radius 1 is 1.73 bits per heavy atom. The van der Waals surface area contributed by atoms with E-state index in [-0.39, 0.29) is 27.0 Å². The number of carbonyl (C=O) groups excluding carboxylic acids is 1. The number of esters is 1. The first-order valence-electron chi connectivity index (χ1n) is 4.10. The molecule has 0 fully saturated rings. The Kier molecular flexibility index (Phi) is 3.64. The Labute approximate surface area is 105 Å². The van der Waals surface area contributed by atoms with E-state index in [4.69, 9.17) is 23.0 Å². The van der Waals surface area contributed by atoms with Crippen LogP contribution in [0.2, 0.25) is 0 Å². The van der Waals surface area contributed by atoms with E-state index in [1.54, 1.807) is 14.0 Å². The number of nitrogens with zero attached hydrogens (tertiary/aromatic N) is 2. The van der Waals surface area contributed by atoms with E-state index in [2.05, 4.69) is 25.4 Å². The molecule has 15 heavy (non-hydrogen) atoms. The fourth-order valence-electron chi connectivity index (χ4n) is 1.15. The fourth-order valence-corrected chi connectivity index (χ4v) is 2.12. The number of rotatable bonds is 2. The molecule has 0 saturated carbocycles. The van der Waals surface area contributed by atoms with Crippen molar-refractivity contribution >= 4 is 50.1 Å².